The number of halogens is 1. The Kier molecular flexibility index (Phi) is 4.35. The summed E-state index contributed by atoms with van der Waals surface area (Å²) in [5.41, 5.74) is 7.45. The quantitative estimate of drug-likeness (QED) is 0.928. The van der Waals surface area contributed by atoms with Crippen LogP contribution in [-0.2, 0) is 0 Å². The number of hydrogen-bond acceptors (Lipinski definition) is 3. The highest BCUT2D eigenvalue weighted by molar-refractivity contribution is 5.42. The zero-order chi connectivity index (χ0) is 14.7. The normalized spacial score (nSPS) is 13.8. The Morgan fingerprint density at radius 3 is 2.40 bits per heavy atom. The van der Waals surface area contributed by atoms with Gasteiger partial charge in [-0.25, -0.2) is 9.37 Å². The lowest BCUT2D eigenvalue weighted by molar-refractivity contribution is 0.584. The third kappa shape index (κ3) is 2.96. The average Bonchev–Trinajstić information content (AvgIpc) is 2.46. The van der Waals surface area contributed by atoms with E-state index in [9.17, 15) is 4.39 Å². The average molecular weight is 273 g/mol. The number of anilines is 1. The van der Waals surface area contributed by atoms with Crippen molar-refractivity contribution < 1.29 is 4.39 Å². The molecular weight excluding hydrogens is 253 g/mol. The molecular formula is C16H20FN3. The Morgan fingerprint density at radius 2 is 1.85 bits per heavy atom. The van der Waals surface area contributed by atoms with Crippen LogP contribution in [0.3, 0.4) is 0 Å². The second kappa shape index (κ2) is 6.01. The molecule has 1 aromatic heterocycles. The monoisotopic (exact) mass is 273 g/mol. The lowest BCUT2D eigenvalue weighted by Crippen LogP contribution is -2.23. The van der Waals surface area contributed by atoms with E-state index in [-0.39, 0.29) is 17.9 Å². The molecule has 1 heterocycles. The highest BCUT2D eigenvalue weighted by Gasteiger charge is 2.16. The zero-order valence-corrected chi connectivity index (χ0v) is 12.0. The molecule has 20 heavy (non-hydrogen) atoms. The van der Waals surface area contributed by atoms with Crippen LogP contribution in [0.15, 0.2) is 42.6 Å². The van der Waals surface area contributed by atoms with Crippen molar-refractivity contribution in [2.75, 3.05) is 11.9 Å². The summed E-state index contributed by atoms with van der Waals surface area (Å²) in [7, 11) is 1.91. The van der Waals surface area contributed by atoms with Crippen LogP contribution in [0, 0.1) is 5.82 Å². The Balaban J connectivity index is 2.22. The van der Waals surface area contributed by atoms with E-state index >= 15 is 0 Å². The summed E-state index contributed by atoms with van der Waals surface area (Å²) in [6, 6.07) is 10.6. The standard InChI is InChI=1S/C16H20FN3/c1-11(18)13-8-9-16(19-10-13)20(3)12(2)14-6-4-5-7-15(14)17/h4-12H,18H2,1-3H3/t11-,12?/m1/s1. The van der Waals surface area contributed by atoms with E-state index in [0.717, 1.165) is 11.4 Å². The van der Waals surface area contributed by atoms with Crippen LogP contribution in [0.1, 0.15) is 37.1 Å². The Morgan fingerprint density at radius 1 is 1.15 bits per heavy atom. The largest absolute Gasteiger partial charge is 0.353 e. The fraction of sp³-hybridized carbons (Fsp3) is 0.312. The molecule has 2 N–H and O–H groups in total. The molecule has 0 bridgehead atoms. The number of aromatic nitrogens is 1. The van der Waals surface area contributed by atoms with Crippen LogP contribution in [0.5, 0.6) is 0 Å². The van der Waals surface area contributed by atoms with Crippen LogP contribution in [-0.4, -0.2) is 12.0 Å². The third-order valence-electron chi connectivity index (χ3n) is 3.59. The van der Waals surface area contributed by atoms with E-state index < -0.39 is 0 Å². The minimum Gasteiger partial charge on any atom is -0.353 e. The maximum absolute atomic E-state index is 13.8. The first-order valence-corrected chi connectivity index (χ1v) is 6.69. The van der Waals surface area contributed by atoms with Crippen molar-refractivity contribution in [2.24, 2.45) is 5.73 Å². The van der Waals surface area contributed by atoms with Crippen molar-refractivity contribution in [3.8, 4) is 0 Å². The van der Waals surface area contributed by atoms with E-state index in [2.05, 4.69) is 4.98 Å². The number of hydrogen-bond donors (Lipinski definition) is 1. The summed E-state index contributed by atoms with van der Waals surface area (Å²) in [5.74, 6) is 0.601. The van der Waals surface area contributed by atoms with Gasteiger partial charge in [-0.1, -0.05) is 24.3 Å². The molecule has 0 aliphatic heterocycles. The van der Waals surface area contributed by atoms with Crippen molar-refractivity contribution in [3.05, 3.63) is 59.5 Å². The number of rotatable bonds is 4. The number of nitrogens with zero attached hydrogens (tertiary/aromatic N) is 2. The summed E-state index contributed by atoms with van der Waals surface area (Å²) in [5, 5.41) is 0. The van der Waals surface area contributed by atoms with E-state index in [1.165, 1.54) is 6.07 Å². The van der Waals surface area contributed by atoms with E-state index in [1.807, 2.05) is 44.0 Å². The van der Waals surface area contributed by atoms with Crippen LogP contribution >= 0.6 is 0 Å². The number of nitrogens with two attached hydrogens (primary N) is 1. The van der Waals surface area contributed by atoms with Gasteiger partial charge in [0.05, 0.1) is 6.04 Å². The first kappa shape index (κ1) is 14.5. The van der Waals surface area contributed by atoms with Gasteiger partial charge >= 0.3 is 0 Å². The fourth-order valence-corrected chi connectivity index (χ4v) is 2.10. The Labute approximate surface area is 119 Å². The van der Waals surface area contributed by atoms with Crippen LogP contribution in [0.2, 0.25) is 0 Å². The summed E-state index contributed by atoms with van der Waals surface area (Å²) in [6.07, 6.45) is 1.77. The highest BCUT2D eigenvalue weighted by Crippen LogP contribution is 2.26. The van der Waals surface area contributed by atoms with Crippen molar-refractivity contribution >= 4 is 5.82 Å². The first-order valence-electron chi connectivity index (χ1n) is 6.69. The third-order valence-corrected chi connectivity index (χ3v) is 3.59. The van der Waals surface area contributed by atoms with Crippen molar-refractivity contribution in [1.29, 1.82) is 0 Å². The second-order valence-electron chi connectivity index (χ2n) is 5.05. The number of pyridine rings is 1. The zero-order valence-electron chi connectivity index (χ0n) is 12.0. The predicted octanol–water partition coefficient (Wildman–Crippen LogP) is 3.44. The van der Waals surface area contributed by atoms with Gasteiger partial charge in [0.2, 0.25) is 0 Å². The van der Waals surface area contributed by atoms with Gasteiger partial charge in [0.1, 0.15) is 11.6 Å². The molecule has 2 rings (SSSR count). The van der Waals surface area contributed by atoms with Gasteiger partial charge in [0, 0.05) is 24.8 Å². The Hall–Kier alpha value is -1.94. The summed E-state index contributed by atoms with van der Waals surface area (Å²) >= 11 is 0. The van der Waals surface area contributed by atoms with Crippen molar-refractivity contribution in [1.82, 2.24) is 4.98 Å². The summed E-state index contributed by atoms with van der Waals surface area (Å²) in [4.78, 5) is 6.35. The van der Waals surface area contributed by atoms with Gasteiger partial charge in [-0.15, -0.1) is 0 Å². The molecule has 0 aliphatic rings. The van der Waals surface area contributed by atoms with Crippen LogP contribution in [0.25, 0.3) is 0 Å². The van der Waals surface area contributed by atoms with Gasteiger partial charge in [-0.05, 0) is 31.5 Å². The molecule has 2 aromatic rings. The Bertz CT molecular complexity index is 566. The molecule has 106 valence electrons. The first-order chi connectivity index (χ1) is 9.50. The maximum atomic E-state index is 13.8. The lowest BCUT2D eigenvalue weighted by atomic mass is 10.1. The number of benzene rings is 1. The van der Waals surface area contributed by atoms with Crippen molar-refractivity contribution in [3.63, 3.8) is 0 Å². The highest BCUT2D eigenvalue weighted by atomic mass is 19.1. The van der Waals surface area contributed by atoms with Gasteiger partial charge in [0.15, 0.2) is 0 Å². The van der Waals surface area contributed by atoms with E-state index in [0.29, 0.717) is 5.56 Å². The molecule has 4 heteroatoms. The molecule has 0 amide bonds. The lowest BCUT2D eigenvalue weighted by Gasteiger charge is -2.26. The topological polar surface area (TPSA) is 42.1 Å². The predicted molar refractivity (Wildman–Crippen MR) is 80.1 cm³/mol. The molecule has 3 nitrogen and oxygen atoms in total. The molecule has 0 saturated heterocycles. The molecule has 0 spiro atoms. The van der Waals surface area contributed by atoms with Gasteiger partial charge in [0.25, 0.3) is 0 Å². The molecule has 0 radical (unpaired) electrons. The molecule has 0 fully saturated rings. The van der Waals surface area contributed by atoms with E-state index in [1.54, 1.807) is 18.3 Å². The van der Waals surface area contributed by atoms with Crippen LogP contribution < -0.4 is 10.6 Å². The molecule has 1 unspecified atom stereocenters. The molecule has 0 saturated carbocycles. The SMILES string of the molecule is CC(c1ccccc1F)N(C)c1ccc([C@@H](C)N)cn1. The van der Waals surface area contributed by atoms with Gasteiger partial charge in [-0.2, -0.15) is 0 Å². The fourth-order valence-electron chi connectivity index (χ4n) is 2.10. The molecule has 1 aromatic carbocycles. The molecule has 0 aliphatic carbocycles. The van der Waals surface area contributed by atoms with Gasteiger partial charge < -0.3 is 10.6 Å². The smallest absolute Gasteiger partial charge is 0.128 e. The van der Waals surface area contributed by atoms with Crippen LogP contribution in [0.4, 0.5) is 10.2 Å². The minimum absolute atomic E-state index is 0.0363. The molecule has 2 atom stereocenters. The summed E-state index contributed by atoms with van der Waals surface area (Å²) < 4.78 is 13.8. The van der Waals surface area contributed by atoms with Gasteiger partial charge in [-0.3, -0.25) is 0 Å². The minimum atomic E-state index is -0.195. The van der Waals surface area contributed by atoms with E-state index in [4.69, 9.17) is 5.73 Å². The second-order valence-corrected chi connectivity index (χ2v) is 5.05. The summed E-state index contributed by atoms with van der Waals surface area (Å²) in [6.45, 7) is 3.88. The maximum Gasteiger partial charge on any atom is 0.128 e. The van der Waals surface area contributed by atoms with Crippen molar-refractivity contribution in [2.45, 2.75) is 25.9 Å².